The molecule has 76 valence electrons. The molecule has 0 atom stereocenters. The first-order chi connectivity index (χ1) is 6.59. The number of thiophene rings is 1. The molecule has 0 spiro atoms. The molecule has 0 radical (unpaired) electrons. The molecule has 0 N–H and O–H groups in total. The van der Waals surface area contributed by atoms with E-state index in [1.54, 1.807) is 6.92 Å². The molecule has 0 bridgehead atoms. The van der Waals surface area contributed by atoms with Gasteiger partial charge in [0.1, 0.15) is 5.78 Å². The van der Waals surface area contributed by atoms with Crippen LogP contribution in [0.2, 0.25) is 0 Å². The predicted octanol–water partition coefficient (Wildman–Crippen LogP) is 3.45. The Hall–Kier alpha value is -0.480. The highest BCUT2D eigenvalue weighted by molar-refractivity contribution is 9.10. The zero-order valence-corrected chi connectivity index (χ0v) is 10.3. The average molecular weight is 275 g/mol. The van der Waals surface area contributed by atoms with E-state index in [-0.39, 0.29) is 5.78 Å². The Kier molecular flexibility index (Phi) is 4.48. The maximum Gasteiger partial charge on any atom is 0.169 e. The highest BCUT2D eigenvalue weighted by Gasteiger charge is 2.09. The summed E-state index contributed by atoms with van der Waals surface area (Å²) in [6, 6.07) is 1.83. The van der Waals surface area contributed by atoms with Gasteiger partial charge in [-0.05, 0) is 35.3 Å². The lowest BCUT2D eigenvalue weighted by molar-refractivity contribution is -0.123. The lowest BCUT2D eigenvalue weighted by Crippen LogP contribution is -2.07. The second kappa shape index (κ2) is 5.41. The van der Waals surface area contributed by atoms with Crippen LogP contribution < -0.4 is 0 Å². The summed E-state index contributed by atoms with van der Waals surface area (Å²) in [4.78, 5) is 21.4. The van der Waals surface area contributed by atoms with Crippen LogP contribution in [0, 0.1) is 0 Å². The molecule has 1 aromatic heterocycles. The topological polar surface area (TPSA) is 34.1 Å². The van der Waals surface area contributed by atoms with Gasteiger partial charge in [-0.25, -0.2) is 0 Å². The van der Waals surface area contributed by atoms with Crippen LogP contribution in [-0.2, 0) is 4.79 Å². The summed E-state index contributed by atoms with van der Waals surface area (Å²) in [5, 5.41) is 1.90. The van der Waals surface area contributed by atoms with Crippen molar-refractivity contribution in [3.8, 4) is 0 Å². The number of rotatable bonds is 1. The summed E-state index contributed by atoms with van der Waals surface area (Å²) < 4.78 is 0.984. The number of carbonyl (C=O) groups excluding carboxylic acids is 2. The lowest BCUT2D eigenvalue weighted by atomic mass is 9.99. The maximum atomic E-state index is 10.6. The molecule has 4 heteroatoms. The smallest absolute Gasteiger partial charge is 0.169 e. The number of hydrogen-bond acceptors (Lipinski definition) is 3. The van der Waals surface area contributed by atoms with Gasteiger partial charge >= 0.3 is 0 Å². The highest BCUT2D eigenvalue weighted by Crippen LogP contribution is 2.19. The standard InChI is InChI=1S/C6H5BrOS.C4H6O/c1-4(8)6-2-5(7)3-9-6;5-4-2-1-3-4/h2-3H,1H3;1-3H2. The van der Waals surface area contributed by atoms with Gasteiger partial charge in [0.05, 0.1) is 4.88 Å². The Morgan fingerprint density at radius 2 is 2.07 bits per heavy atom. The van der Waals surface area contributed by atoms with Crippen molar-refractivity contribution in [1.82, 2.24) is 0 Å². The van der Waals surface area contributed by atoms with E-state index in [1.807, 2.05) is 11.4 Å². The number of halogens is 1. The third-order valence-corrected chi connectivity index (χ3v) is 3.62. The van der Waals surface area contributed by atoms with Gasteiger partial charge in [-0.2, -0.15) is 0 Å². The molecule has 0 aromatic carbocycles. The van der Waals surface area contributed by atoms with Crippen LogP contribution in [0.15, 0.2) is 15.9 Å². The summed E-state index contributed by atoms with van der Waals surface area (Å²) in [6.45, 7) is 1.57. The fourth-order valence-electron chi connectivity index (χ4n) is 0.819. The Balaban J connectivity index is 0.000000165. The first kappa shape index (κ1) is 11.6. The number of Topliss-reactive ketones (excluding diaryl/α,β-unsaturated/α-hetero) is 2. The molecule has 1 saturated carbocycles. The summed E-state index contributed by atoms with van der Waals surface area (Å²) in [7, 11) is 0. The van der Waals surface area contributed by atoms with Gasteiger partial charge < -0.3 is 0 Å². The van der Waals surface area contributed by atoms with E-state index in [0.29, 0.717) is 5.78 Å². The fraction of sp³-hybridized carbons (Fsp3) is 0.400. The maximum absolute atomic E-state index is 10.6. The second-order valence-corrected chi connectivity index (χ2v) is 4.90. The quantitative estimate of drug-likeness (QED) is 0.735. The van der Waals surface area contributed by atoms with E-state index in [4.69, 9.17) is 0 Å². The first-order valence-corrected chi connectivity index (χ1v) is 6.03. The molecular weight excluding hydrogens is 264 g/mol. The Morgan fingerprint density at radius 1 is 1.50 bits per heavy atom. The van der Waals surface area contributed by atoms with Crippen molar-refractivity contribution in [2.75, 3.05) is 0 Å². The average Bonchev–Trinajstić information content (AvgIpc) is 2.49. The van der Waals surface area contributed by atoms with Crippen LogP contribution in [0.5, 0.6) is 0 Å². The van der Waals surface area contributed by atoms with Crippen molar-refractivity contribution in [2.24, 2.45) is 0 Å². The molecule has 0 aliphatic heterocycles. The first-order valence-electron chi connectivity index (χ1n) is 4.36. The van der Waals surface area contributed by atoms with Crippen LogP contribution in [0.4, 0.5) is 0 Å². The number of carbonyl (C=O) groups is 2. The molecule has 0 saturated heterocycles. The summed E-state index contributed by atoms with van der Waals surface area (Å²) >= 11 is 4.72. The van der Waals surface area contributed by atoms with E-state index in [1.165, 1.54) is 11.3 Å². The molecule has 1 aliphatic rings. The largest absolute Gasteiger partial charge is 0.300 e. The molecule has 0 unspecified atom stereocenters. The Labute approximate surface area is 95.5 Å². The van der Waals surface area contributed by atoms with E-state index >= 15 is 0 Å². The van der Waals surface area contributed by atoms with Crippen LogP contribution in [0.25, 0.3) is 0 Å². The van der Waals surface area contributed by atoms with Crippen LogP contribution in [0.1, 0.15) is 35.9 Å². The van der Waals surface area contributed by atoms with Crippen LogP contribution in [-0.4, -0.2) is 11.6 Å². The summed E-state index contributed by atoms with van der Waals surface area (Å²) in [5.41, 5.74) is 0. The normalized spacial score (nSPS) is 14.0. The molecule has 14 heavy (non-hydrogen) atoms. The van der Waals surface area contributed by atoms with E-state index in [9.17, 15) is 9.59 Å². The summed E-state index contributed by atoms with van der Waals surface area (Å²) in [5.74, 6) is 0.565. The molecule has 1 aromatic rings. The third-order valence-electron chi connectivity index (χ3n) is 1.83. The molecular formula is C10H11BrO2S. The molecule has 1 aliphatic carbocycles. The molecule has 0 amide bonds. The fourth-order valence-corrected chi connectivity index (χ4v) is 2.15. The molecule has 1 fully saturated rings. The minimum Gasteiger partial charge on any atom is -0.300 e. The van der Waals surface area contributed by atoms with Crippen LogP contribution >= 0.6 is 27.3 Å². The van der Waals surface area contributed by atoms with Crippen molar-refractivity contribution in [1.29, 1.82) is 0 Å². The van der Waals surface area contributed by atoms with Crippen molar-refractivity contribution < 1.29 is 9.59 Å². The van der Waals surface area contributed by atoms with Crippen LogP contribution in [0.3, 0.4) is 0 Å². The zero-order valence-electron chi connectivity index (χ0n) is 7.88. The predicted molar refractivity (Wildman–Crippen MR) is 60.9 cm³/mol. The minimum atomic E-state index is 0.130. The van der Waals surface area contributed by atoms with Gasteiger partial charge in [-0.3, -0.25) is 9.59 Å². The Morgan fingerprint density at radius 3 is 2.21 bits per heavy atom. The van der Waals surface area contributed by atoms with Gasteiger partial charge in [-0.15, -0.1) is 11.3 Å². The molecule has 2 rings (SSSR count). The monoisotopic (exact) mass is 274 g/mol. The lowest BCUT2D eigenvalue weighted by Gasteiger charge is -2.05. The van der Waals surface area contributed by atoms with Crippen molar-refractivity contribution in [2.45, 2.75) is 26.2 Å². The molecule has 2 nitrogen and oxygen atoms in total. The van der Waals surface area contributed by atoms with Crippen molar-refractivity contribution in [3.63, 3.8) is 0 Å². The SMILES string of the molecule is CC(=O)c1cc(Br)cs1.O=C1CCC1. The summed E-state index contributed by atoms with van der Waals surface area (Å²) in [6.07, 6.45) is 2.83. The van der Waals surface area contributed by atoms with E-state index in [0.717, 1.165) is 28.6 Å². The third kappa shape index (κ3) is 3.72. The minimum absolute atomic E-state index is 0.130. The second-order valence-electron chi connectivity index (χ2n) is 3.08. The van der Waals surface area contributed by atoms with Gasteiger partial charge in [0.25, 0.3) is 0 Å². The highest BCUT2D eigenvalue weighted by atomic mass is 79.9. The van der Waals surface area contributed by atoms with E-state index < -0.39 is 0 Å². The van der Waals surface area contributed by atoms with Crippen molar-refractivity contribution >= 4 is 38.8 Å². The Bertz CT molecular complexity index is 338. The van der Waals surface area contributed by atoms with Gasteiger partial charge in [-0.1, -0.05) is 0 Å². The van der Waals surface area contributed by atoms with Gasteiger partial charge in [0.15, 0.2) is 5.78 Å². The zero-order chi connectivity index (χ0) is 10.6. The number of ketones is 2. The molecule has 1 heterocycles. The van der Waals surface area contributed by atoms with Crippen molar-refractivity contribution in [3.05, 3.63) is 20.8 Å². The van der Waals surface area contributed by atoms with E-state index in [2.05, 4.69) is 15.9 Å². The van der Waals surface area contributed by atoms with Gasteiger partial charge in [0.2, 0.25) is 0 Å². The van der Waals surface area contributed by atoms with Gasteiger partial charge in [0, 0.05) is 22.7 Å². The number of hydrogen-bond donors (Lipinski definition) is 0.